The fourth-order valence-electron chi connectivity index (χ4n) is 2.63. The summed E-state index contributed by atoms with van der Waals surface area (Å²) >= 11 is 1.52. The second-order valence-electron chi connectivity index (χ2n) is 5.84. The van der Waals surface area contributed by atoms with Gasteiger partial charge in [-0.15, -0.1) is 5.10 Å². The first kappa shape index (κ1) is 17.4. The van der Waals surface area contributed by atoms with Crippen molar-refractivity contribution in [3.8, 4) is 0 Å². The highest BCUT2D eigenvalue weighted by Crippen LogP contribution is 2.31. The Hall–Kier alpha value is -2.40. The molecule has 1 heterocycles. The molecule has 1 aliphatic rings. The lowest BCUT2D eigenvalue weighted by molar-refractivity contribution is -0.126. The average Bonchev–Trinajstić information content (AvgIpc) is 2.93. The zero-order valence-corrected chi connectivity index (χ0v) is 15.0. The first-order valence-corrected chi connectivity index (χ1v) is 9.34. The minimum Gasteiger partial charge on any atom is -0.284 e. The SMILES string of the molecule is CCCC1SC(=NN=Cc2ccccc2)N(Cc2ccccc2)C1=O. The molecule has 4 nitrogen and oxygen atoms in total. The van der Waals surface area contributed by atoms with Crippen molar-refractivity contribution in [1.82, 2.24) is 4.90 Å². The Balaban J connectivity index is 1.79. The third-order valence-corrected chi connectivity index (χ3v) is 5.14. The van der Waals surface area contributed by atoms with Crippen LogP contribution in [0.3, 0.4) is 0 Å². The summed E-state index contributed by atoms with van der Waals surface area (Å²) in [5.41, 5.74) is 2.08. The molecule has 1 unspecified atom stereocenters. The van der Waals surface area contributed by atoms with Crippen LogP contribution in [0.5, 0.6) is 0 Å². The van der Waals surface area contributed by atoms with E-state index in [1.54, 1.807) is 11.1 Å². The van der Waals surface area contributed by atoms with Crippen molar-refractivity contribution in [2.45, 2.75) is 31.6 Å². The number of thioether (sulfide) groups is 1. The summed E-state index contributed by atoms with van der Waals surface area (Å²) in [6.45, 7) is 2.63. The predicted octanol–water partition coefficient (Wildman–Crippen LogP) is 4.32. The number of nitrogens with zero attached hydrogens (tertiary/aromatic N) is 3. The zero-order chi connectivity index (χ0) is 17.5. The molecule has 1 fully saturated rings. The summed E-state index contributed by atoms with van der Waals surface area (Å²) in [6, 6.07) is 19.8. The number of hydrogen-bond acceptors (Lipinski definition) is 4. The third-order valence-electron chi connectivity index (χ3n) is 3.90. The number of hydrogen-bond donors (Lipinski definition) is 0. The van der Waals surface area contributed by atoms with Crippen LogP contribution in [0.4, 0.5) is 0 Å². The van der Waals surface area contributed by atoms with E-state index < -0.39 is 0 Å². The molecule has 2 aromatic carbocycles. The van der Waals surface area contributed by atoms with Crippen molar-refractivity contribution in [1.29, 1.82) is 0 Å². The molecule has 2 aromatic rings. The molecule has 0 N–H and O–H groups in total. The quantitative estimate of drug-likeness (QED) is 0.575. The van der Waals surface area contributed by atoms with E-state index in [4.69, 9.17) is 0 Å². The Kier molecular flexibility index (Phi) is 6.01. The average molecular weight is 351 g/mol. The highest BCUT2D eigenvalue weighted by molar-refractivity contribution is 8.15. The monoisotopic (exact) mass is 351 g/mol. The van der Waals surface area contributed by atoms with Crippen LogP contribution in [-0.2, 0) is 11.3 Å². The minimum atomic E-state index is -0.0561. The molecule has 0 aromatic heterocycles. The first-order chi connectivity index (χ1) is 12.3. The van der Waals surface area contributed by atoms with E-state index in [0.717, 1.165) is 24.0 Å². The maximum Gasteiger partial charge on any atom is 0.242 e. The molecule has 3 rings (SSSR count). The smallest absolute Gasteiger partial charge is 0.242 e. The van der Waals surface area contributed by atoms with E-state index in [0.29, 0.717) is 11.7 Å². The summed E-state index contributed by atoms with van der Waals surface area (Å²) in [5.74, 6) is 0.129. The van der Waals surface area contributed by atoms with Crippen molar-refractivity contribution in [3.63, 3.8) is 0 Å². The van der Waals surface area contributed by atoms with Crippen molar-refractivity contribution >= 4 is 29.1 Å². The van der Waals surface area contributed by atoms with Gasteiger partial charge >= 0.3 is 0 Å². The second kappa shape index (κ2) is 8.62. The van der Waals surface area contributed by atoms with Gasteiger partial charge in [0, 0.05) is 0 Å². The fraction of sp³-hybridized carbons (Fsp3) is 0.250. The molecule has 1 saturated heterocycles. The first-order valence-electron chi connectivity index (χ1n) is 8.46. The van der Waals surface area contributed by atoms with Crippen LogP contribution < -0.4 is 0 Å². The van der Waals surface area contributed by atoms with Gasteiger partial charge < -0.3 is 0 Å². The number of carbonyl (C=O) groups is 1. The molecule has 0 spiro atoms. The number of amides is 1. The topological polar surface area (TPSA) is 45.0 Å². The zero-order valence-electron chi connectivity index (χ0n) is 14.2. The lowest BCUT2D eigenvalue weighted by Gasteiger charge is -2.15. The Labute approximate surface area is 152 Å². The normalized spacial score (nSPS) is 19.2. The van der Waals surface area contributed by atoms with Crippen LogP contribution in [0, 0.1) is 0 Å². The summed E-state index contributed by atoms with van der Waals surface area (Å²) in [5, 5.41) is 9.15. The Morgan fingerprint density at radius 3 is 2.44 bits per heavy atom. The van der Waals surface area contributed by atoms with Crippen molar-refractivity contribution in [2.75, 3.05) is 0 Å². The summed E-state index contributed by atoms with van der Waals surface area (Å²) < 4.78 is 0. The van der Waals surface area contributed by atoms with Gasteiger partial charge in [-0.25, -0.2) is 0 Å². The van der Waals surface area contributed by atoms with Crippen LogP contribution in [-0.4, -0.2) is 27.4 Å². The maximum atomic E-state index is 12.7. The van der Waals surface area contributed by atoms with Crippen molar-refractivity contribution in [2.24, 2.45) is 10.2 Å². The molecule has 0 saturated carbocycles. The van der Waals surface area contributed by atoms with Gasteiger partial charge in [0.1, 0.15) is 0 Å². The molecular formula is C20H21N3OS. The van der Waals surface area contributed by atoms with E-state index in [1.807, 2.05) is 60.7 Å². The maximum absolute atomic E-state index is 12.7. The Morgan fingerprint density at radius 1 is 1.08 bits per heavy atom. The van der Waals surface area contributed by atoms with E-state index in [2.05, 4.69) is 17.1 Å². The minimum absolute atomic E-state index is 0.0561. The third kappa shape index (κ3) is 4.57. The van der Waals surface area contributed by atoms with Gasteiger partial charge in [0.05, 0.1) is 18.0 Å². The standard InChI is InChI=1S/C20H21N3OS/c1-2-9-18-19(24)23(15-17-12-7-4-8-13-17)20(25-18)22-21-14-16-10-5-3-6-11-16/h3-8,10-14,18H,2,9,15H2,1H3. The number of amidine groups is 1. The van der Waals surface area contributed by atoms with Gasteiger partial charge in [0.15, 0.2) is 5.17 Å². The number of benzene rings is 2. The van der Waals surface area contributed by atoms with Gasteiger partial charge in [-0.05, 0) is 17.5 Å². The van der Waals surface area contributed by atoms with Crippen molar-refractivity contribution in [3.05, 3.63) is 71.8 Å². The summed E-state index contributed by atoms with van der Waals surface area (Å²) in [6.07, 6.45) is 3.55. The van der Waals surface area contributed by atoms with E-state index >= 15 is 0 Å². The van der Waals surface area contributed by atoms with Gasteiger partial charge in [-0.1, -0.05) is 85.8 Å². The second-order valence-corrected chi connectivity index (χ2v) is 7.01. The molecule has 0 aliphatic carbocycles. The molecule has 1 amide bonds. The van der Waals surface area contributed by atoms with Gasteiger partial charge in [-0.3, -0.25) is 9.69 Å². The molecule has 0 radical (unpaired) electrons. The van der Waals surface area contributed by atoms with Gasteiger partial charge in [0.2, 0.25) is 5.91 Å². The Bertz CT molecular complexity index is 759. The Morgan fingerprint density at radius 2 is 1.76 bits per heavy atom. The van der Waals surface area contributed by atoms with Crippen LogP contribution in [0.1, 0.15) is 30.9 Å². The number of carbonyl (C=O) groups excluding carboxylic acids is 1. The predicted molar refractivity (Wildman–Crippen MR) is 105 cm³/mol. The largest absolute Gasteiger partial charge is 0.284 e. The molecule has 0 bridgehead atoms. The fourth-order valence-corrected chi connectivity index (χ4v) is 3.84. The number of rotatable bonds is 6. The van der Waals surface area contributed by atoms with Crippen LogP contribution in [0.25, 0.3) is 0 Å². The summed E-state index contributed by atoms with van der Waals surface area (Å²) in [4.78, 5) is 14.5. The molecular weight excluding hydrogens is 330 g/mol. The molecule has 5 heteroatoms. The van der Waals surface area contributed by atoms with Gasteiger partial charge in [-0.2, -0.15) is 5.10 Å². The van der Waals surface area contributed by atoms with E-state index in [1.165, 1.54) is 11.8 Å². The van der Waals surface area contributed by atoms with Crippen LogP contribution in [0.15, 0.2) is 70.9 Å². The molecule has 128 valence electrons. The lowest BCUT2D eigenvalue weighted by atomic mass is 10.2. The molecule has 1 aliphatic heterocycles. The van der Waals surface area contributed by atoms with E-state index in [-0.39, 0.29) is 11.2 Å². The highest BCUT2D eigenvalue weighted by atomic mass is 32.2. The molecule has 1 atom stereocenters. The van der Waals surface area contributed by atoms with Crippen LogP contribution in [0.2, 0.25) is 0 Å². The molecule has 25 heavy (non-hydrogen) atoms. The van der Waals surface area contributed by atoms with Gasteiger partial charge in [0.25, 0.3) is 0 Å². The van der Waals surface area contributed by atoms with Crippen LogP contribution >= 0.6 is 11.8 Å². The van der Waals surface area contributed by atoms with E-state index in [9.17, 15) is 4.79 Å². The highest BCUT2D eigenvalue weighted by Gasteiger charge is 2.37. The van der Waals surface area contributed by atoms with Crippen molar-refractivity contribution < 1.29 is 4.79 Å². The lowest BCUT2D eigenvalue weighted by Crippen LogP contribution is -2.31. The summed E-state index contributed by atoms with van der Waals surface area (Å²) in [7, 11) is 0.